The van der Waals surface area contributed by atoms with E-state index in [0.29, 0.717) is 12.1 Å². The van der Waals surface area contributed by atoms with Crippen LogP contribution in [0.2, 0.25) is 0 Å². The molecular formula is C16H22N4O3S2. The molecule has 0 radical (unpaired) electrons. The molecule has 3 rings (SSSR count). The molecule has 2 N–H and O–H groups in total. The first-order valence-corrected chi connectivity index (χ1v) is 10.8. The summed E-state index contributed by atoms with van der Waals surface area (Å²) in [5.74, 6) is 0.242. The van der Waals surface area contributed by atoms with Gasteiger partial charge in [0.2, 0.25) is 0 Å². The summed E-state index contributed by atoms with van der Waals surface area (Å²) in [5.41, 5.74) is 1.44. The number of rotatable bonds is 5. The van der Waals surface area contributed by atoms with Crippen LogP contribution < -0.4 is 10.6 Å². The zero-order valence-electron chi connectivity index (χ0n) is 14.2. The molecule has 1 saturated heterocycles. The lowest BCUT2D eigenvalue weighted by molar-refractivity contribution is 0.0951. The highest BCUT2D eigenvalue weighted by Gasteiger charge is 2.42. The smallest absolute Gasteiger partial charge is 0.251 e. The van der Waals surface area contributed by atoms with Crippen molar-refractivity contribution in [2.75, 3.05) is 44.0 Å². The molecule has 0 saturated carbocycles. The van der Waals surface area contributed by atoms with Gasteiger partial charge in [-0.2, -0.15) is 0 Å². The summed E-state index contributed by atoms with van der Waals surface area (Å²) in [6.07, 6.45) is 0. The van der Waals surface area contributed by atoms with Gasteiger partial charge in [-0.1, -0.05) is 11.8 Å². The Morgan fingerprint density at radius 3 is 2.64 bits per heavy atom. The van der Waals surface area contributed by atoms with Gasteiger partial charge in [0.1, 0.15) is 0 Å². The maximum atomic E-state index is 12.0. The fourth-order valence-corrected chi connectivity index (χ4v) is 6.42. The number of hydrogen-bond donors (Lipinski definition) is 2. The van der Waals surface area contributed by atoms with Gasteiger partial charge in [-0.25, -0.2) is 8.42 Å². The molecule has 1 fully saturated rings. The third-order valence-corrected chi connectivity index (χ3v) is 7.20. The Balaban J connectivity index is 1.54. The predicted molar refractivity (Wildman–Crippen MR) is 102 cm³/mol. The minimum absolute atomic E-state index is 0.0225. The van der Waals surface area contributed by atoms with Gasteiger partial charge in [0.15, 0.2) is 15.0 Å². The number of sulfone groups is 1. The Hall–Kier alpha value is -1.58. The van der Waals surface area contributed by atoms with E-state index in [1.165, 1.54) is 11.8 Å². The van der Waals surface area contributed by atoms with E-state index in [2.05, 4.69) is 15.6 Å². The van der Waals surface area contributed by atoms with Crippen LogP contribution in [0.1, 0.15) is 10.4 Å². The minimum atomic E-state index is -2.93. The average Bonchev–Trinajstić information content (AvgIpc) is 3.00. The number of aliphatic imine (C=N–C) groups is 1. The molecule has 1 aromatic carbocycles. The van der Waals surface area contributed by atoms with Crippen molar-refractivity contribution in [3.63, 3.8) is 0 Å². The second kappa shape index (κ2) is 7.35. The van der Waals surface area contributed by atoms with E-state index >= 15 is 0 Å². The number of thioether (sulfide) groups is 1. The van der Waals surface area contributed by atoms with Crippen LogP contribution in [-0.2, 0) is 9.84 Å². The monoisotopic (exact) mass is 382 g/mol. The molecule has 0 bridgehead atoms. The number of hydrogen-bond acceptors (Lipinski definition) is 7. The third kappa shape index (κ3) is 4.74. The second-order valence-corrected chi connectivity index (χ2v) is 9.88. The third-order valence-electron chi connectivity index (χ3n) is 4.06. The van der Waals surface area contributed by atoms with Crippen LogP contribution in [0.15, 0.2) is 29.3 Å². The van der Waals surface area contributed by atoms with E-state index in [9.17, 15) is 13.2 Å². The molecule has 1 aromatic rings. The Morgan fingerprint density at radius 2 is 2.00 bits per heavy atom. The number of nitrogens with zero attached hydrogens (tertiary/aromatic N) is 2. The maximum absolute atomic E-state index is 12.0. The largest absolute Gasteiger partial charge is 0.351 e. The molecule has 0 aliphatic carbocycles. The summed E-state index contributed by atoms with van der Waals surface area (Å²) in [6.45, 7) is 1.39. The van der Waals surface area contributed by atoms with Crippen molar-refractivity contribution >= 4 is 38.4 Å². The quantitative estimate of drug-likeness (QED) is 0.777. The second-order valence-electron chi connectivity index (χ2n) is 6.50. The summed E-state index contributed by atoms with van der Waals surface area (Å²) in [7, 11) is 0.983. The molecule has 9 heteroatoms. The highest BCUT2D eigenvalue weighted by molar-refractivity contribution is 8.15. The Labute approximate surface area is 152 Å². The van der Waals surface area contributed by atoms with Crippen LogP contribution in [0.4, 0.5) is 5.69 Å². The molecule has 2 atom stereocenters. The van der Waals surface area contributed by atoms with E-state index in [1.54, 1.807) is 12.1 Å². The molecule has 136 valence electrons. The molecule has 0 aromatic heterocycles. The Morgan fingerprint density at radius 1 is 1.28 bits per heavy atom. The van der Waals surface area contributed by atoms with Gasteiger partial charge in [-0.3, -0.25) is 9.79 Å². The topological polar surface area (TPSA) is 90.9 Å². The number of carbonyl (C=O) groups excluding carboxylic acids is 1. The van der Waals surface area contributed by atoms with Gasteiger partial charge >= 0.3 is 0 Å². The molecule has 2 heterocycles. The fourth-order valence-electron chi connectivity index (χ4n) is 2.74. The first-order chi connectivity index (χ1) is 11.8. The van der Waals surface area contributed by atoms with Crippen LogP contribution in [-0.4, -0.2) is 74.4 Å². The summed E-state index contributed by atoms with van der Waals surface area (Å²) in [4.78, 5) is 18.5. The van der Waals surface area contributed by atoms with Crippen molar-refractivity contribution in [3.8, 4) is 0 Å². The molecule has 2 aliphatic heterocycles. The minimum Gasteiger partial charge on any atom is -0.351 e. The number of benzene rings is 1. The standard InChI is InChI=1S/C16H22N4O3S2/c1-20(2)8-7-17-15(21)11-3-5-12(6-4-11)18-16-19-13-9-25(22,23)10-14(13)24-16/h3-6,13-14H,7-10H2,1-2H3,(H,17,21)(H,18,19). The van der Waals surface area contributed by atoms with Gasteiger partial charge in [-0.15, -0.1) is 0 Å². The van der Waals surface area contributed by atoms with Crippen molar-refractivity contribution < 1.29 is 13.2 Å². The lowest BCUT2D eigenvalue weighted by Gasteiger charge is -2.11. The molecule has 25 heavy (non-hydrogen) atoms. The predicted octanol–water partition coefficient (Wildman–Crippen LogP) is 0.658. The van der Waals surface area contributed by atoms with Crippen LogP contribution in [0, 0.1) is 0 Å². The van der Waals surface area contributed by atoms with Gasteiger partial charge in [-0.05, 0) is 38.4 Å². The fraction of sp³-hybridized carbons (Fsp3) is 0.500. The number of likely N-dealkylation sites (N-methyl/N-ethyl adjacent to an activating group) is 1. The number of nitrogens with one attached hydrogen (secondary N) is 2. The number of carbonyl (C=O) groups is 1. The SMILES string of the molecule is CN(C)CCNC(=O)c1ccc(NC2=NC3CS(=O)(=O)CC3S2)cc1. The van der Waals surface area contributed by atoms with Gasteiger partial charge < -0.3 is 15.5 Å². The highest BCUT2D eigenvalue weighted by atomic mass is 32.2. The van der Waals surface area contributed by atoms with Crippen LogP contribution in [0.25, 0.3) is 0 Å². The first-order valence-electron chi connectivity index (χ1n) is 8.07. The normalized spacial score (nSPS) is 24.0. The van der Waals surface area contributed by atoms with Crippen LogP contribution in [0.3, 0.4) is 0 Å². The lowest BCUT2D eigenvalue weighted by atomic mass is 10.2. The zero-order valence-corrected chi connectivity index (χ0v) is 15.9. The van der Waals surface area contributed by atoms with Gasteiger partial charge in [0, 0.05) is 29.6 Å². The van der Waals surface area contributed by atoms with E-state index in [1.807, 2.05) is 31.1 Å². The van der Waals surface area contributed by atoms with Crippen LogP contribution in [0.5, 0.6) is 0 Å². The molecule has 1 amide bonds. The van der Waals surface area contributed by atoms with E-state index in [0.717, 1.165) is 17.4 Å². The van der Waals surface area contributed by atoms with Crippen molar-refractivity contribution in [2.45, 2.75) is 11.3 Å². The summed E-state index contributed by atoms with van der Waals surface area (Å²) < 4.78 is 23.2. The Bertz CT molecular complexity index is 775. The first kappa shape index (κ1) is 18.2. The van der Waals surface area contributed by atoms with E-state index in [4.69, 9.17) is 0 Å². The van der Waals surface area contributed by atoms with Gasteiger partial charge in [0.05, 0.1) is 17.5 Å². The number of anilines is 1. The van der Waals surface area contributed by atoms with Crippen LogP contribution >= 0.6 is 11.8 Å². The molecule has 2 unspecified atom stereocenters. The Kier molecular flexibility index (Phi) is 5.35. The lowest BCUT2D eigenvalue weighted by Crippen LogP contribution is -2.31. The van der Waals surface area contributed by atoms with Gasteiger partial charge in [0.25, 0.3) is 5.91 Å². The summed E-state index contributed by atoms with van der Waals surface area (Å²) in [5, 5.41) is 6.84. The number of amides is 1. The summed E-state index contributed by atoms with van der Waals surface area (Å²) in [6, 6.07) is 7.04. The molecule has 0 spiro atoms. The maximum Gasteiger partial charge on any atom is 0.251 e. The number of fused-ring (bicyclic) bond motifs is 1. The van der Waals surface area contributed by atoms with Crippen molar-refractivity contribution in [2.24, 2.45) is 4.99 Å². The number of amidine groups is 1. The van der Waals surface area contributed by atoms with Crippen molar-refractivity contribution in [1.82, 2.24) is 10.2 Å². The summed E-state index contributed by atoms with van der Waals surface area (Å²) >= 11 is 1.48. The zero-order chi connectivity index (χ0) is 18.0. The molecule has 2 aliphatic rings. The highest BCUT2D eigenvalue weighted by Crippen LogP contribution is 2.34. The average molecular weight is 383 g/mol. The van der Waals surface area contributed by atoms with E-state index in [-0.39, 0.29) is 28.7 Å². The van der Waals surface area contributed by atoms with E-state index < -0.39 is 9.84 Å². The molecule has 7 nitrogen and oxygen atoms in total. The van der Waals surface area contributed by atoms with Crippen molar-refractivity contribution in [3.05, 3.63) is 29.8 Å². The van der Waals surface area contributed by atoms with Crippen molar-refractivity contribution in [1.29, 1.82) is 0 Å². The molecular weight excluding hydrogens is 360 g/mol.